The molecule has 0 aliphatic heterocycles. The summed E-state index contributed by atoms with van der Waals surface area (Å²) in [5.74, 6) is -0.664. The van der Waals surface area contributed by atoms with Crippen LogP contribution in [0.1, 0.15) is 174 Å². The average Bonchev–Trinajstić information content (AvgIpc) is 3.33. The Kier molecular flexibility index (Phi) is 21.8. The van der Waals surface area contributed by atoms with Crippen LogP contribution in [0.2, 0.25) is 0 Å². The SMILES string of the molecule is CC1CCC(C2CCC(Cc3cc(F)c(F)c(F)c3)CC2)CC1.CC1CCC(c2cc(F)c(C#N)c(F)c2)CC1.CC1CCC(c2ccc(C(=O)Oc3ccc(C#N)c(F)c3)cc2)CC1.II. The minimum absolute atomic E-state index is 0.0778. The largest absolute Gasteiger partial charge is 0.423 e. The van der Waals surface area contributed by atoms with Crippen molar-refractivity contribution in [3.63, 3.8) is 0 Å². The molecular weight excluding hydrogens is 1090 g/mol. The van der Waals surface area contributed by atoms with Crippen LogP contribution < -0.4 is 4.74 Å². The van der Waals surface area contributed by atoms with Crippen molar-refractivity contribution in [1.29, 1.82) is 10.5 Å². The van der Waals surface area contributed by atoms with E-state index in [1.807, 2.05) is 12.1 Å². The Morgan fingerprint density at radius 1 is 0.552 bits per heavy atom. The lowest BCUT2D eigenvalue weighted by Gasteiger charge is -2.37. The monoisotopic (exact) mass is 1150 g/mol. The van der Waals surface area contributed by atoms with Gasteiger partial charge in [-0.2, -0.15) is 10.5 Å². The first-order valence-electron chi connectivity index (χ1n) is 23.9. The van der Waals surface area contributed by atoms with Gasteiger partial charge in [-0.05, 0) is 183 Å². The van der Waals surface area contributed by atoms with E-state index in [-0.39, 0.29) is 17.2 Å². The number of esters is 1. The van der Waals surface area contributed by atoms with E-state index in [1.165, 1.54) is 94.0 Å². The van der Waals surface area contributed by atoms with Crippen molar-refractivity contribution in [2.75, 3.05) is 0 Å². The number of hydrogen-bond acceptors (Lipinski definition) is 4. The Morgan fingerprint density at radius 3 is 1.48 bits per heavy atom. The molecule has 67 heavy (non-hydrogen) atoms. The van der Waals surface area contributed by atoms with Gasteiger partial charge in [0, 0.05) is 43.3 Å². The Balaban J connectivity index is 0.000000188. The molecule has 8 rings (SSSR count). The minimum Gasteiger partial charge on any atom is -0.423 e. The Hall–Kier alpha value is -3.63. The second-order valence-corrected chi connectivity index (χ2v) is 19.5. The molecule has 0 N–H and O–H groups in total. The summed E-state index contributed by atoms with van der Waals surface area (Å²) >= 11 is 4.24. The molecule has 4 aromatic rings. The summed E-state index contributed by atoms with van der Waals surface area (Å²) in [4.78, 5) is 12.2. The number of carbonyl (C=O) groups excluding carboxylic acids is 1. The van der Waals surface area contributed by atoms with Gasteiger partial charge in [0.25, 0.3) is 0 Å². The van der Waals surface area contributed by atoms with Crippen molar-refractivity contribution in [2.24, 2.45) is 35.5 Å². The highest BCUT2D eigenvalue weighted by molar-refractivity contribution is 15.0. The van der Waals surface area contributed by atoms with E-state index < -0.39 is 46.4 Å². The molecule has 0 spiro atoms. The lowest BCUT2D eigenvalue weighted by atomic mass is 9.69. The van der Waals surface area contributed by atoms with Gasteiger partial charge in [0.2, 0.25) is 0 Å². The highest BCUT2D eigenvalue weighted by atomic mass is 128. The van der Waals surface area contributed by atoms with E-state index in [1.54, 1.807) is 24.3 Å². The molecule has 12 heteroatoms. The van der Waals surface area contributed by atoms with Gasteiger partial charge >= 0.3 is 5.97 Å². The molecule has 0 aromatic heterocycles. The van der Waals surface area contributed by atoms with E-state index in [0.717, 1.165) is 80.4 Å². The topological polar surface area (TPSA) is 73.9 Å². The van der Waals surface area contributed by atoms with Crippen LogP contribution in [-0.4, -0.2) is 5.97 Å². The van der Waals surface area contributed by atoms with E-state index in [2.05, 4.69) is 58.0 Å². The van der Waals surface area contributed by atoms with Gasteiger partial charge in [-0.1, -0.05) is 71.4 Å². The molecule has 4 saturated carbocycles. The maximum absolute atomic E-state index is 13.6. The maximum atomic E-state index is 13.6. The van der Waals surface area contributed by atoms with E-state index >= 15 is 0 Å². The molecule has 4 aliphatic carbocycles. The normalized spacial score (nSPS) is 24.7. The summed E-state index contributed by atoms with van der Waals surface area (Å²) in [6.07, 6.45) is 20.0. The van der Waals surface area contributed by atoms with Gasteiger partial charge in [-0.25, -0.2) is 31.1 Å². The molecular formula is C55H62F6I2N2O2. The number of rotatable bonds is 7. The molecule has 0 bridgehead atoms. The van der Waals surface area contributed by atoms with Crippen molar-refractivity contribution in [3.8, 4) is 17.9 Å². The summed E-state index contributed by atoms with van der Waals surface area (Å²) < 4.78 is 85.4. The zero-order valence-corrected chi connectivity index (χ0v) is 43.0. The van der Waals surface area contributed by atoms with Crippen LogP contribution in [0.4, 0.5) is 26.3 Å². The van der Waals surface area contributed by atoms with Gasteiger partial charge in [-0.15, -0.1) is 0 Å². The summed E-state index contributed by atoms with van der Waals surface area (Å²) in [6, 6.07) is 19.5. The summed E-state index contributed by atoms with van der Waals surface area (Å²) in [6.45, 7) is 6.85. The van der Waals surface area contributed by atoms with Crippen LogP contribution in [0, 0.1) is 93.1 Å². The van der Waals surface area contributed by atoms with Crippen LogP contribution in [0.5, 0.6) is 5.75 Å². The zero-order valence-electron chi connectivity index (χ0n) is 38.7. The number of hydrogen-bond donors (Lipinski definition) is 0. The fraction of sp³-hybridized carbons (Fsp3) is 0.509. The van der Waals surface area contributed by atoms with Gasteiger partial charge in [0.15, 0.2) is 17.5 Å². The molecule has 4 fully saturated rings. The minimum atomic E-state index is -1.36. The molecule has 0 saturated heterocycles. The summed E-state index contributed by atoms with van der Waals surface area (Å²) in [5.41, 5.74) is 2.43. The van der Waals surface area contributed by atoms with E-state index in [4.69, 9.17) is 15.3 Å². The number of benzene rings is 4. The smallest absolute Gasteiger partial charge is 0.343 e. The van der Waals surface area contributed by atoms with Gasteiger partial charge < -0.3 is 4.74 Å². The number of nitriles is 2. The fourth-order valence-electron chi connectivity index (χ4n) is 10.5. The highest BCUT2D eigenvalue weighted by Crippen LogP contribution is 2.42. The van der Waals surface area contributed by atoms with Crippen LogP contribution in [0.3, 0.4) is 0 Å². The van der Waals surface area contributed by atoms with Gasteiger partial charge in [0.05, 0.1) is 11.1 Å². The van der Waals surface area contributed by atoms with Crippen molar-refractivity contribution in [2.45, 2.75) is 142 Å². The summed E-state index contributed by atoms with van der Waals surface area (Å²) in [7, 11) is 0. The number of ether oxygens (including phenoxy) is 1. The average molecular weight is 1150 g/mol. The predicted molar refractivity (Wildman–Crippen MR) is 269 cm³/mol. The van der Waals surface area contributed by atoms with Crippen LogP contribution in [0.15, 0.2) is 66.7 Å². The second-order valence-electron chi connectivity index (χ2n) is 19.5. The fourth-order valence-corrected chi connectivity index (χ4v) is 10.5. The predicted octanol–water partition coefficient (Wildman–Crippen LogP) is 17.4. The molecule has 0 radical (unpaired) electrons. The Bertz CT molecular complexity index is 2250. The molecule has 4 aliphatic rings. The van der Waals surface area contributed by atoms with Crippen LogP contribution in [-0.2, 0) is 6.42 Å². The molecule has 0 heterocycles. The number of carbonyl (C=O) groups is 1. The standard InChI is InChI=1S/C21H20FNO2.C20H27F3.C14H15F2N.I2/c1-14-2-4-15(5-3-14)16-6-8-17(9-7-16)21(24)25-19-11-10-18(13-23)20(22)12-19;1-13-2-6-16(7-3-13)17-8-4-14(5-9-17)10-15-11-18(21)20(23)19(22)12-15;1-9-2-4-10(5-3-9)11-6-13(15)12(8-17)14(16)7-11;1-2/h6-12,14-15H,2-5H2,1H3;11-14,16-17H,2-10H2,1H3;6-7,9-10H,2-5H2,1H3;. The van der Waals surface area contributed by atoms with Crippen molar-refractivity contribution in [1.82, 2.24) is 0 Å². The summed E-state index contributed by atoms with van der Waals surface area (Å²) in [5, 5.41) is 17.3. The molecule has 4 aromatic carbocycles. The highest BCUT2D eigenvalue weighted by Gasteiger charge is 2.30. The third-order valence-corrected chi connectivity index (χ3v) is 14.8. The first-order valence-corrected chi connectivity index (χ1v) is 30.2. The Morgan fingerprint density at radius 2 is 1.01 bits per heavy atom. The lowest BCUT2D eigenvalue weighted by molar-refractivity contribution is 0.0734. The third kappa shape index (κ3) is 16.0. The van der Waals surface area contributed by atoms with E-state index in [9.17, 15) is 31.1 Å². The van der Waals surface area contributed by atoms with Crippen LogP contribution in [0.25, 0.3) is 0 Å². The third-order valence-electron chi connectivity index (χ3n) is 14.8. The first-order chi connectivity index (χ1) is 32.2. The van der Waals surface area contributed by atoms with Gasteiger partial charge in [0.1, 0.15) is 40.9 Å². The number of halogens is 8. The quantitative estimate of drug-likeness (QED) is 0.0608. The van der Waals surface area contributed by atoms with Crippen molar-refractivity contribution in [3.05, 3.63) is 135 Å². The second kappa shape index (κ2) is 26.9. The first kappa shape index (κ1) is 54.3. The molecule has 0 amide bonds. The van der Waals surface area contributed by atoms with Crippen molar-refractivity contribution < 1.29 is 35.9 Å². The van der Waals surface area contributed by atoms with Crippen LogP contribution >= 0.6 is 37.2 Å². The van der Waals surface area contributed by atoms with Crippen molar-refractivity contribution >= 4 is 43.2 Å². The zero-order chi connectivity index (χ0) is 48.6. The lowest BCUT2D eigenvalue weighted by Crippen LogP contribution is -2.25. The molecule has 0 atom stereocenters. The molecule has 0 unspecified atom stereocenters. The number of nitrogens with zero attached hydrogens (tertiary/aromatic N) is 2. The Labute approximate surface area is 417 Å². The van der Waals surface area contributed by atoms with E-state index in [0.29, 0.717) is 40.9 Å². The maximum Gasteiger partial charge on any atom is 0.343 e. The van der Waals surface area contributed by atoms with Gasteiger partial charge in [-0.3, -0.25) is 0 Å². The molecule has 360 valence electrons. The molecule has 4 nitrogen and oxygen atoms in total.